The lowest BCUT2D eigenvalue weighted by Gasteiger charge is -2.37. The van der Waals surface area contributed by atoms with Gasteiger partial charge in [0.05, 0.1) is 23.8 Å². The second kappa shape index (κ2) is 9.37. The van der Waals surface area contributed by atoms with Gasteiger partial charge < -0.3 is 24.6 Å². The first-order chi connectivity index (χ1) is 18.4. The number of H-pyrrole nitrogens is 1. The molecule has 38 heavy (non-hydrogen) atoms. The Morgan fingerprint density at radius 1 is 1.13 bits per heavy atom. The molecule has 0 radical (unpaired) electrons. The highest BCUT2D eigenvalue weighted by Gasteiger charge is 2.38. The van der Waals surface area contributed by atoms with Gasteiger partial charge in [-0.05, 0) is 75.1 Å². The Bertz CT molecular complexity index is 1630. The van der Waals surface area contributed by atoms with Crippen LogP contribution in [0, 0.1) is 6.92 Å². The third-order valence-electron chi connectivity index (χ3n) is 7.59. The number of nitrogens with one attached hydrogen (secondary N) is 2. The van der Waals surface area contributed by atoms with Crippen LogP contribution in [0.25, 0.3) is 33.2 Å². The third kappa shape index (κ3) is 4.25. The fourth-order valence-electron chi connectivity index (χ4n) is 5.61. The Morgan fingerprint density at radius 3 is 2.76 bits per heavy atom. The summed E-state index contributed by atoms with van der Waals surface area (Å²) < 4.78 is 12.1. The van der Waals surface area contributed by atoms with E-state index in [1.165, 1.54) is 16.8 Å². The number of ether oxygens (including phenoxy) is 1. The molecule has 1 amide bonds. The number of aromatic nitrogens is 1. The molecular formula is C32H32N2O4. The van der Waals surface area contributed by atoms with Crippen LogP contribution < -0.4 is 10.1 Å². The summed E-state index contributed by atoms with van der Waals surface area (Å²) in [6, 6.07) is 21.6. The quantitative estimate of drug-likeness (QED) is 0.250. The van der Waals surface area contributed by atoms with Crippen molar-refractivity contribution in [3.8, 4) is 17.1 Å². The number of hydrogen-bond donors (Lipinski definition) is 3. The normalized spacial score (nSPS) is 17.2. The molecule has 0 bridgehead atoms. The number of fused-ring (bicyclic) bond motifs is 4. The van der Waals surface area contributed by atoms with Crippen molar-refractivity contribution in [1.29, 1.82) is 0 Å². The first-order valence-electron chi connectivity index (χ1n) is 13.2. The zero-order valence-corrected chi connectivity index (χ0v) is 21.9. The maximum absolute atomic E-state index is 13.9. The van der Waals surface area contributed by atoms with Gasteiger partial charge >= 0.3 is 0 Å². The van der Waals surface area contributed by atoms with Gasteiger partial charge in [0.25, 0.3) is 5.91 Å². The first kappa shape index (κ1) is 24.3. The first-order valence-corrected chi connectivity index (χ1v) is 13.2. The van der Waals surface area contributed by atoms with Gasteiger partial charge in [-0.15, -0.1) is 0 Å². The van der Waals surface area contributed by atoms with Crippen LogP contribution in [0.15, 0.2) is 71.1 Å². The second-order valence-corrected chi connectivity index (χ2v) is 10.7. The van der Waals surface area contributed by atoms with Crippen molar-refractivity contribution in [3.63, 3.8) is 0 Å². The molecule has 2 aromatic heterocycles. The van der Waals surface area contributed by atoms with Crippen LogP contribution in [-0.2, 0) is 12.8 Å². The number of carbonyl (C=O) groups excluding carboxylic acids is 1. The highest BCUT2D eigenvalue weighted by molar-refractivity contribution is 5.99. The summed E-state index contributed by atoms with van der Waals surface area (Å²) in [6.45, 7) is 5.81. The summed E-state index contributed by atoms with van der Waals surface area (Å²) in [5.74, 6) is 0.918. The SMILES string of the molecule is Cc1cccc2c3c([nH]c12)CCC(CO)(NC(=O)c1cc(-c2cc4ccccc4o2)ccc1OC(C)C)C3. The predicted molar refractivity (Wildman–Crippen MR) is 150 cm³/mol. The van der Waals surface area contributed by atoms with Crippen LogP contribution in [-0.4, -0.2) is 34.2 Å². The van der Waals surface area contributed by atoms with Gasteiger partial charge in [-0.1, -0.05) is 36.4 Å². The molecule has 1 atom stereocenters. The highest BCUT2D eigenvalue weighted by Crippen LogP contribution is 2.36. The minimum Gasteiger partial charge on any atom is -0.490 e. The van der Waals surface area contributed by atoms with Gasteiger partial charge in [-0.3, -0.25) is 4.79 Å². The third-order valence-corrected chi connectivity index (χ3v) is 7.59. The smallest absolute Gasteiger partial charge is 0.255 e. The number of benzene rings is 3. The number of furan rings is 1. The molecule has 194 valence electrons. The standard InChI is InChI=1S/C32H32N2O4/c1-19(2)37-28-12-11-22(29-16-21-8-4-5-10-27(21)38-29)15-24(28)31(36)34-32(18-35)14-13-26-25(17-32)23-9-6-7-20(3)30(23)33-26/h4-12,15-16,19,33,35H,13-14,17-18H2,1-3H3,(H,34,36). The van der Waals surface area contributed by atoms with Gasteiger partial charge in [-0.25, -0.2) is 0 Å². The lowest BCUT2D eigenvalue weighted by Crippen LogP contribution is -2.54. The zero-order chi connectivity index (χ0) is 26.4. The summed E-state index contributed by atoms with van der Waals surface area (Å²) in [5.41, 5.74) is 5.90. The fraction of sp³-hybridized carbons (Fsp3) is 0.281. The summed E-state index contributed by atoms with van der Waals surface area (Å²) >= 11 is 0. The molecule has 6 nitrogen and oxygen atoms in total. The number of aryl methyl sites for hydroxylation is 2. The Kier molecular flexibility index (Phi) is 6.00. The van der Waals surface area contributed by atoms with Crippen LogP contribution in [0.2, 0.25) is 0 Å². The van der Waals surface area contributed by atoms with E-state index in [9.17, 15) is 9.90 Å². The van der Waals surface area contributed by atoms with Crippen LogP contribution in [0.4, 0.5) is 0 Å². The maximum atomic E-state index is 13.9. The lowest BCUT2D eigenvalue weighted by atomic mass is 9.80. The highest BCUT2D eigenvalue weighted by atomic mass is 16.5. The number of rotatable bonds is 6. The van der Waals surface area contributed by atoms with Crippen molar-refractivity contribution >= 4 is 27.8 Å². The van der Waals surface area contributed by atoms with Gasteiger partial charge in [0.1, 0.15) is 17.1 Å². The largest absolute Gasteiger partial charge is 0.490 e. The van der Waals surface area contributed by atoms with E-state index in [0.717, 1.165) is 33.9 Å². The van der Waals surface area contributed by atoms with Crippen LogP contribution in [0.5, 0.6) is 5.75 Å². The van der Waals surface area contributed by atoms with Crippen LogP contribution in [0.3, 0.4) is 0 Å². The average molecular weight is 509 g/mol. The zero-order valence-electron chi connectivity index (χ0n) is 21.9. The van der Waals surface area contributed by atoms with Gasteiger partial charge in [0.15, 0.2) is 0 Å². The van der Waals surface area contributed by atoms with E-state index < -0.39 is 5.54 Å². The number of aliphatic hydroxyl groups is 1. The summed E-state index contributed by atoms with van der Waals surface area (Å²) in [7, 11) is 0. The van der Waals surface area contributed by atoms with E-state index in [1.54, 1.807) is 0 Å². The van der Waals surface area contributed by atoms with Crippen molar-refractivity contribution in [1.82, 2.24) is 10.3 Å². The minimum absolute atomic E-state index is 0.0999. The lowest BCUT2D eigenvalue weighted by molar-refractivity contribution is 0.0803. The van der Waals surface area contributed by atoms with Crippen LogP contribution in [0.1, 0.15) is 47.4 Å². The van der Waals surface area contributed by atoms with Gasteiger partial charge in [0.2, 0.25) is 0 Å². The number of carbonyl (C=O) groups is 1. The number of aliphatic hydroxyl groups excluding tert-OH is 1. The molecule has 3 N–H and O–H groups in total. The van der Waals surface area contributed by atoms with E-state index in [0.29, 0.717) is 29.9 Å². The molecule has 0 saturated carbocycles. The van der Waals surface area contributed by atoms with Crippen LogP contribution >= 0.6 is 0 Å². The van der Waals surface area contributed by atoms with E-state index in [1.807, 2.05) is 62.4 Å². The fourth-order valence-corrected chi connectivity index (χ4v) is 5.61. The Labute approximate surface area is 221 Å². The number of amides is 1. The molecule has 5 aromatic rings. The molecule has 6 rings (SSSR count). The molecule has 1 unspecified atom stereocenters. The number of hydrogen-bond acceptors (Lipinski definition) is 4. The van der Waals surface area contributed by atoms with Crippen molar-refractivity contribution in [2.45, 2.75) is 51.7 Å². The van der Waals surface area contributed by atoms with E-state index in [4.69, 9.17) is 9.15 Å². The predicted octanol–water partition coefficient (Wildman–Crippen LogP) is 6.33. The van der Waals surface area contributed by atoms with Crippen molar-refractivity contribution in [3.05, 3.63) is 89.1 Å². The van der Waals surface area contributed by atoms with E-state index >= 15 is 0 Å². The average Bonchev–Trinajstić information content (AvgIpc) is 3.51. The summed E-state index contributed by atoms with van der Waals surface area (Å²) in [5, 5.41) is 16.0. The topological polar surface area (TPSA) is 87.5 Å². The molecule has 0 spiro atoms. The molecule has 0 aliphatic heterocycles. The molecule has 6 heteroatoms. The monoisotopic (exact) mass is 508 g/mol. The molecule has 2 heterocycles. The molecule has 1 aliphatic carbocycles. The molecule has 0 fully saturated rings. The van der Waals surface area contributed by atoms with Crippen molar-refractivity contribution in [2.75, 3.05) is 6.61 Å². The minimum atomic E-state index is -0.770. The van der Waals surface area contributed by atoms with E-state index in [2.05, 4.69) is 35.4 Å². The van der Waals surface area contributed by atoms with Crippen molar-refractivity contribution in [2.24, 2.45) is 0 Å². The second-order valence-electron chi connectivity index (χ2n) is 10.7. The summed E-state index contributed by atoms with van der Waals surface area (Å²) in [4.78, 5) is 17.4. The molecule has 1 aliphatic rings. The molecule has 3 aromatic carbocycles. The Balaban J connectivity index is 1.35. The van der Waals surface area contributed by atoms with Crippen molar-refractivity contribution < 1.29 is 19.1 Å². The van der Waals surface area contributed by atoms with Gasteiger partial charge in [-0.2, -0.15) is 0 Å². The Hall–Kier alpha value is -4.03. The molecule has 0 saturated heterocycles. The number of aromatic amines is 1. The Morgan fingerprint density at radius 2 is 1.97 bits per heavy atom. The van der Waals surface area contributed by atoms with Gasteiger partial charge in [0, 0.05) is 34.0 Å². The maximum Gasteiger partial charge on any atom is 0.255 e. The van der Waals surface area contributed by atoms with E-state index in [-0.39, 0.29) is 18.6 Å². The summed E-state index contributed by atoms with van der Waals surface area (Å²) in [6.07, 6.45) is 1.84. The number of para-hydroxylation sites is 2. The molecular weight excluding hydrogens is 476 g/mol.